The third kappa shape index (κ3) is 3.01. The predicted octanol–water partition coefficient (Wildman–Crippen LogP) is 2.79. The van der Waals surface area contributed by atoms with Crippen LogP contribution in [0.5, 0.6) is 0 Å². The molecule has 20 heavy (non-hydrogen) atoms. The number of anilines is 1. The fraction of sp³-hybridized carbons (Fsp3) is 0.583. The molecule has 1 aliphatic carbocycles. The van der Waals surface area contributed by atoms with E-state index < -0.39 is 0 Å². The molecule has 1 aliphatic rings. The van der Waals surface area contributed by atoms with E-state index in [0.29, 0.717) is 17.0 Å². The quantitative estimate of drug-likeness (QED) is 0.943. The topological polar surface area (TPSA) is 80.7 Å². The van der Waals surface area contributed by atoms with Crippen molar-refractivity contribution in [1.29, 1.82) is 0 Å². The molecule has 2 atom stereocenters. The summed E-state index contributed by atoms with van der Waals surface area (Å²) in [4.78, 5) is 11.0. The molecular weight excluding hydrogens is 294 g/mol. The Bertz CT molecular complexity index is 582. The predicted molar refractivity (Wildman–Crippen MR) is 78.1 cm³/mol. The molecule has 2 heterocycles. The molecule has 1 fully saturated rings. The summed E-state index contributed by atoms with van der Waals surface area (Å²) in [5.74, 6) is 0.787. The minimum Gasteiger partial charge on any atom is -0.301 e. The number of amides is 1. The third-order valence-electron chi connectivity index (χ3n) is 3.47. The third-order valence-corrected chi connectivity index (χ3v) is 5.33. The Morgan fingerprint density at radius 3 is 2.75 bits per heavy atom. The van der Waals surface area contributed by atoms with Crippen LogP contribution in [0.3, 0.4) is 0 Å². The van der Waals surface area contributed by atoms with Crippen LogP contribution in [0.1, 0.15) is 54.5 Å². The number of carbonyl (C=O) groups excluding carboxylic acids is 1. The van der Waals surface area contributed by atoms with Crippen molar-refractivity contribution < 1.29 is 4.79 Å². The van der Waals surface area contributed by atoms with Crippen LogP contribution >= 0.6 is 22.7 Å². The lowest BCUT2D eigenvalue weighted by molar-refractivity contribution is -0.114. The van der Waals surface area contributed by atoms with Crippen molar-refractivity contribution >= 4 is 33.7 Å². The maximum Gasteiger partial charge on any atom is 0.223 e. The number of nitrogens with one attached hydrogen (secondary N) is 1. The van der Waals surface area contributed by atoms with Gasteiger partial charge in [-0.15, -0.1) is 31.7 Å². The maximum atomic E-state index is 11.0. The number of hydrogen-bond donors (Lipinski definition) is 1. The van der Waals surface area contributed by atoms with E-state index >= 15 is 0 Å². The number of nitrogens with zero attached hydrogens (tertiary/aromatic N) is 4. The highest BCUT2D eigenvalue weighted by molar-refractivity contribution is 7.15. The van der Waals surface area contributed by atoms with Gasteiger partial charge in [-0.25, -0.2) is 0 Å². The van der Waals surface area contributed by atoms with Gasteiger partial charge >= 0.3 is 0 Å². The lowest BCUT2D eigenvalue weighted by Gasteiger charge is -2.25. The first kappa shape index (κ1) is 13.6. The highest BCUT2D eigenvalue weighted by Gasteiger charge is 2.28. The molecule has 106 valence electrons. The van der Waals surface area contributed by atoms with E-state index in [1.165, 1.54) is 31.1 Å². The summed E-state index contributed by atoms with van der Waals surface area (Å²) < 4.78 is 0. The van der Waals surface area contributed by atoms with Gasteiger partial charge in [-0.1, -0.05) is 17.8 Å². The van der Waals surface area contributed by atoms with Crippen LogP contribution in [0.25, 0.3) is 0 Å². The van der Waals surface area contributed by atoms with Gasteiger partial charge in [0.05, 0.1) is 0 Å². The molecule has 0 aliphatic heterocycles. The van der Waals surface area contributed by atoms with Crippen LogP contribution in [0.15, 0.2) is 5.51 Å². The van der Waals surface area contributed by atoms with Crippen molar-refractivity contribution in [2.75, 3.05) is 5.32 Å². The Labute approximate surface area is 124 Å². The standard InChI is InChI=1S/C12H15N5OS2/c1-7(18)14-12-17-16-11(20-12)9-4-2-3-8(5-9)10-15-13-6-19-10/h6,8-9H,2-5H2,1H3,(H,14,17,18)/t8-,9-/m0/s1. The van der Waals surface area contributed by atoms with Crippen molar-refractivity contribution in [3.8, 4) is 0 Å². The molecule has 1 amide bonds. The molecule has 6 nitrogen and oxygen atoms in total. The molecule has 0 unspecified atom stereocenters. The summed E-state index contributed by atoms with van der Waals surface area (Å²) >= 11 is 3.11. The van der Waals surface area contributed by atoms with Gasteiger partial charge in [0, 0.05) is 18.8 Å². The van der Waals surface area contributed by atoms with Gasteiger partial charge in [0.25, 0.3) is 0 Å². The lowest BCUT2D eigenvalue weighted by Crippen LogP contribution is -2.12. The molecule has 0 radical (unpaired) electrons. The van der Waals surface area contributed by atoms with Crippen LogP contribution in [-0.4, -0.2) is 26.3 Å². The summed E-state index contributed by atoms with van der Waals surface area (Å²) in [7, 11) is 0. The van der Waals surface area contributed by atoms with E-state index in [4.69, 9.17) is 0 Å². The van der Waals surface area contributed by atoms with Crippen LogP contribution in [0.2, 0.25) is 0 Å². The smallest absolute Gasteiger partial charge is 0.223 e. The summed E-state index contributed by atoms with van der Waals surface area (Å²) in [5, 5.41) is 21.8. The molecule has 0 aromatic carbocycles. The summed E-state index contributed by atoms with van der Waals surface area (Å²) in [6.45, 7) is 1.48. The van der Waals surface area contributed by atoms with Gasteiger partial charge in [0.1, 0.15) is 15.5 Å². The maximum absolute atomic E-state index is 11.0. The van der Waals surface area contributed by atoms with Gasteiger partial charge in [-0.2, -0.15) is 0 Å². The van der Waals surface area contributed by atoms with E-state index in [9.17, 15) is 4.79 Å². The van der Waals surface area contributed by atoms with Gasteiger partial charge in [0.15, 0.2) is 0 Å². The number of aromatic nitrogens is 4. The van der Waals surface area contributed by atoms with Crippen LogP contribution in [0.4, 0.5) is 5.13 Å². The van der Waals surface area contributed by atoms with Crippen molar-refractivity contribution in [1.82, 2.24) is 20.4 Å². The largest absolute Gasteiger partial charge is 0.301 e. The van der Waals surface area contributed by atoms with Crippen LogP contribution < -0.4 is 5.32 Å². The van der Waals surface area contributed by atoms with Crippen molar-refractivity contribution in [3.05, 3.63) is 15.5 Å². The summed E-state index contributed by atoms with van der Waals surface area (Å²) in [6, 6.07) is 0. The Morgan fingerprint density at radius 2 is 2.05 bits per heavy atom. The molecule has 8 heteroatoms. The number of carbonyl (C=O) groups is 1. The zero-order valence-corrected chi connectivity index (χ0v) is 12.7. The summed E-state index contributed by atoms with van der Waals surface area (Å²) in [5.41, 5.74) is 1.79. The van der Waals surface area contributed by atoms with Gasteiger partial charge in [0.2, 0.25) is 11.0 Å². The second kappa shape index (κ2) is 5.92. The van der Waals surface area contributed by atoms with E-state index in [-0.39, 0.29) is 5.91 Å². The Hall–Kier alpha value is -1.41. The Balaban J connectivity index is 1.70. The molecular formula is C12H15N5OS2. The van der Waals surface area contributed by atoms with Crippen molar-refractivity contribution in [3.63, 3.8) is 0 Å². The number of hydrogen-bond acceptors (Lipinski definition) is 7. The molecule has 1 saturated carbocycles. The minimum absolute atomic E-state index is 0.108. The molecule has 3 rings (SSSR count). The molecule has 1 N–H and O–H groups in total. The first-order valence-electron chi connectivity index (χ1n) is 6.59. The Morgan fingerprint density at radius 1 is 1.25 bits per heavy atom. The molecule has 0 saturated heterocycles. The molecule has 2 aromatic rings. The molecule has 0 spiro atoms. The number of rotatable bonds is 3. The zero-order valence-electron chi connectivity index (χ0n) is 11.1. The molecule has 0 bridgehead atoms. The van der Waals surface area contributed by atoms with Crippen molar-refractivity contribution in [2.45, 2.75) is 44.4 Å². The second-order valence-electron chi connectivity index (χ2n) is 4.96. The van der Waals surface area contributed by atoms with E-state index in [1.54, 1.807) is 16.8 Å². The Kier molecular flexibility index (Phi) is 4.02. The van der Waals surface area contributed by atoms with E-state index in [2.05, 4.69) is 25.7 Å². The van der Waals surface area contributed by atoms with E-state index in [1.807, 2.05) is 0 Å². The highest BCUT2D eigenvalue weighted by Crippen LogP contribution is 2.42. The second-order valence-corrected chi connectivity index (χ2v) is 6.84. The van der Waals surface area contributed by atoms with Gasteiger partial charge < -0.3 is 5.32 Å². The average molecular weight is 309 g/mol. The first-order valence-corrected chi connectivity index (χ1v) is 8.29. The van der Waals surface area contributed by atoms with Gasteiger partial charge in [-0.05, 0) is 19.3 Å². The van der Waals surface area contributed by atoms with Crippen molar-refractivity contribution in [2.24, 2.45) is 0 Å². The van der Waals surface area contributed by atoms with E-state index in [0.717, 1.165) is 22.9 Å². The molecule has 2 aromatic heterocycles. The normalized spacial score (nSPS) is 22.6. The fourth-order valence-electron chi connectivity index (χ4n) is 2.60. The highest BCUT2D eigenvalue weighted by atomic mass is 32.1. The monoisotopic (exact) mass is 309 g/mol. The van der Waals surface area contributed by atoms with Crippen LogP contribution in [0, 0.1) is 0 Å². The van der Waals surface area contributed by atoms with Crippen LogP contribution in [-0.2, 0) is 4.79 Å². The first-order chi connectivity index (χ1) is 9.72. The minimum atomic E-state index is -0.108. The summed E-state index contributed by atoms with van der Waals surface area (Å²) in [6.07, 6.45) is 4.51. The fourth-order valence-corrected chi connectivity index (χ4v) is 4.24. The lowest BCUT2D eigenvalue weighted by atomic mass is 9.82. The zero-order chi connectivity index (χ0) is 13.9. The SMILES string of the molecule is CC(=O)Nc1nnc([C@H]2CCC[C@H](c3nncs3)C2)s1. The average Bonchev–Trinajstić information content (AvgIpc) is 3.09. The van der Waals surface area contributed by atoms with Gasteiger partial charge in [-0.3, -0.25) is 4.79 Å².